The first kappa shape index (κ1) is 15.4. The topological polar surface area (TPSA) is 83.3 Å². The quantitative estimate of drug-likeness (QED) is 0.414. The summed E-state index contributed by atoms with van der Waals surface area (Å²) in [5.74, 6) is -1.01. The number of carbonyl (C=O) groups is 2. The van der Waals surface area contributed by atoms with E-state index in [0.29, 0.717) is 16.6 Å². The maximum absolute atomic E-state index is 11.9. The largest absolute Gasteiger partial charge is 0.465 e. The molecule has 0 unspecified atom stereocenters. The van der Waals surface area contributed by atoms with Gasteiger partial charge in [0.15, 0.2) is 0 Å². The third-order valence-electron chi connectivity index (χ3n) is 3.24. The van der Waals surface area contributed by atoms with Gasteiger partial charge in [-0.3, -0.25) is 0 Å². The van der Waals surface area contributed by atoms with E-state index in [2.05, 4.69) is 15.0 Å². The molecule has 0 amide bonds. The number of benzene rings is 2. The Morgan fingerprint density at radius 1 is 1.08 bits per heavy atom. The van der Waals surface area contributed by atoms with Crippen LogP contribution in [0.25, 0.3) is 17.1 Å². The van der Waals surface area contributed by atoms with Crippen molar-refractivity contribution in [3.8, 4) is 0 Å². The number of fused-ring (bicyclic) bond motifs is 1. The van der Waals surface area contributed by atoms with Crippen molar-refractivity contribution in [3.05, 3.63) is 65.7 Å². The van der Waals surface area contributed by atoms with Crippen LogP contribution < -0.4 is 4.84 Å². The maximum Gasteiger partial charge on any atom is 0.358 e. The molecular weight excluding hydrogens is 310 g/mol. The van der Waals surface area contributed by atoms with Gasteiger partial charge in [-0.15, -0.1) is 5.10 Å². The smallest absolute Gasteiger partial charge is 0.358 e. The number of hydrogen-bond acceptors (Lipinski definition) is 6. The molecule has 3 rings (SSSR count). The number of hydrogen-bond donors (Lipinski definition) is 0. The van der Waals surface area contributed by atoms with Gasteiger partial charge >= 0.3 is 11.9 Å². The summed E-state index contributed by atoms with van der Waals surface area (Å²) in [6.07, 6.45) is 2.84. The highest BCUT2D eigenvalue weighted by molar-refractivity contribution is 5.90. The lowest BCUT2D eigenvalue weighted by atomic mass is 10.1. The van der Waals surface area contributed by atoms with Gasteiger partial charge in [0.2, 0.25) is 0 Å². The lowest BCUT2D eigenvalue weighted by Gasteiger charge is -2.00. The van der Waals surface area contributed by atoms with E-state index in [0.717, 1.165) is 10.4 Å². The minimum atomic E-state index is -0.595. The monoisotopic (exact) mass is 323 g/mol. The van der Waals surface area contributed by atoms with E-state index in [1.165, 1.54) is 13.2 Å². The summed E-state index contributed by atoms with van der Waals surface area (Å²) >= 11 is 0. The Kier molecular flexibility index (Phi) is 4.33. The van der Waals surface area contributed by atoms with Crippen LogP contribution in [0.3, 0.4) is 0 Å². The first-order chi connectivity index (χ1) is 11.7. The molecule has 120 valence electrons. The molecule has 0 radical (unpaired) electrons. The molecule has 0 spiro atoms. The van der Waals surface area contributed by atoms with Gasteiger partial charge in [0, 0.05) is 6.08 Å². The predicted molar refractivity (Wildman–Crippen MR) is 85.9 cm³/mol. The zero-order valence-corrected chi connectivity index (χ0v) is 12.7. The van der Waals surface area contributed by atoms with Crippen LogP contribution >= 0.6 is 0 Å². The molecular formula is C17H13N3O4. The van der Waals surface area contributed by atoms with Gasteiger partial charge in [-0.25, -0.2) is 9.59 Å². The lowest BCUT2D eigenvalue weighted by Crippen LogP contribution is -2.18. The molecule has 0 fully saturated rings. The molecule has 0 aliphatic rings. The Hall–Kier alpha value is -3.48. The summed E-state index contributed by atoms with van der Waals surface area (Å²) in [5.41, 5.74) is 2.41. The standard InChI is InChI=1S/C17H13N3O4/c1-23-17(22)13-9-6-12(7-10-13)8-11-16(21)24-20-15-5-3-2-4-14(15)18-19-20/h2-11H,1H3/b11-8+. The van der Waals surface area contributed by atoms with Crippen LogP contribution in [0, 0.1) is 0 Å². The molecule has 1 aromatic heterocycles. The van der Waals surface area contributed by atoms with Crippen molar-refractivity contribution in [2.75, 3.05) is 7.11 Å². The van der Waals surface area contributed by atoms with Gasteiger partial charge in [-0.2, -0.15) is 0 Å². The van der Waals surface area contributed by atoms with E-state index in [4.69, 9.17) is 4.84 Å². The van der Waals surface area contributed by atoms with Gasteiger partial charge in [0.05, 0.1) is 12.7 Å². The van der Waals surface area contributed by atoms with Crippen LogP contribution in [-0.2, 0) is 9.53 Å². The van der Waals surface area contributed by atoms with Crippen molar-refractivity contribution >= 4 is 29.0 Å². The van der Waals surface area contributed by atoms with Gasteiger partial charge in [-0.1, -0.05) is 29.1 Å². The fraction of sp³-hybridized carbons (Fsp3) is 0.0588. The second-order valence-corrected chi connectivity index (χ2v) is 4.81. The minimum absolute atomic E-state index is 0.414. The summed E-state index contributed by atoms with van der Waals surface area (Å²) in [4.78, 5) is 29.4. The van der Waals surface area contributed by atoms with Crippen LogP contribution in [0.2, 0.25) is 0 Å². The summed E-state index contributed by atoms with van der Waals surface area (Å²) in [6, 6.07) is 13.8. The zero-order chi connectivity index (χ0) is 16.9. The third kappa shape index (κ3) is 3.30. The van der Waals surface area contributed by atoms with E-state index in [9.17, 15) is 9.59 Å². The average molecular weight is 323 g/mol. The van der Waals surface area contributed by atoms with Crippen molar-refractivity contribution in [2.24, 2.45) is 0 Å². The molecule has 0 N–H and O–H groups in total. The Labute approximate surface area is 137 Å². The van der Waals surface area contributed by atoms with E-state index < -0.39 is 11.9 Å². The summed E-state index contributed by atoms with van der Waals surface area (Å²) in [6.45, 7) is 0. The highest BCUT2D eigenvalue weighted by Gasteiger charge is 2.07. The number of methoxy groups -OCH3 is 1. The van der Waals surface area contributed by atoms with Gasteiger partial charge < -0.3 is 9.57 Å². The number of para-hydroxylation sites is 1. The molecule has 7 heteroatoms. The SMILES string of the molecule is COC(=O)c1ccc(/C=C/C(=O)On2nnc3ccccc32)cc1. The molecule has 0 atom stereocenters. The molecule has 0 aliphatic heterocycles. The molecule has 0 bridgehead atoms. The number of esters is 1. The van der Waals surface area contributed by atoms with Crippen LogP contribution in [0.1, 0.15) is 15.9 Å². The van der Waals surface area contributed by atoms with Crippen molar-refractivity contribution < 1.29 is 19.2 Å². The Balaban J connectivity index is 1.68. The number of nitrogens with zero attached hydrogens (tertiary/aromatic N) is 3. The van der Waals surface area contributed by atoms with E-state index in [-0.39, 0.29) is 0 Å². The molecule has 1 heterocycles. The van der Waals surface area contributed by atoms with Gasteiger partial charge in [0.1, 0.15) is 11.0 Å². The normalized spacial score (nSPS) is 10.9. The first-order valence-corrected chi connectivity index (χ1v) is 7.06. The Morgan fingerprint density at radius 3 is 2.58 bits per heavy atom. The third-order valence-corrected chi connectivity index (χ3v) is 3.24. The van der Waals surface area contributed by atoms with Crippen LogP contribution in [0.4, 0.5) is 0 Å². The van der Waals surface area contributed by atoms with E-state index >= 15 is 0 Å². The highest BCUT2D eigenvalue weighted by atomic mass is 16.7. The highest BCUT2D eigenvalue weighted by Crippen LogP contribution is 2.09. The Morgan fingerprint density at radius 2 is 1.83 bits per heavy atom. The molecule has 7 nitrogen and oxygen atoms in total. The second kappa shape index (κ2) is 6.74. The molecule has 0 saturated carbocycles. The lowest BCUT2D eigenvalue weighted by molar-refractivity contribution is -0.139. The molecule has 2 aromatic carbocycles. The first-order valence-electron chi connectivity index (χ1n) is 7.06. The van der Waals surface area contributed by atoms with Crippen LogP contribution in [0.15, 0.2) is 54.6 Å². The van der Waals surface area contributed by atoms with Crippen molar-refractivity contribution in [2.45, 2.75) is 0 Å². The fourth-order valence-corrected chi connectivity index (χ4v) is 2.04. The summed E-state index contributed by atoms with van der Waals surface area (Å²) in [5, 5.41) is 7.66. The van der Waals surface area contributed by atoms with Gasteiger partial charge in [0.25, 0.3) is 0 Å². The van der Waals surface area contributed by atoms with Crippen molar-refractivity contribution in [1.29, 1.82) is 0 Å². The molecule has 0 aliphatic carbocycles. The number of aromatic nitrogens is 3. The van der Waals surface area contributed by atoms with Crippen molar-refractivity contribution in [3.63, 3.8) is 0 Å². The van der Waals surface area contributed by atoms with Crippen LogP contribution in [0.5, 0.6) is 0 Å². The minimum Gasteiger partial charge on any atom is -0.465 e. The molecule has 3 aromatic rings. The summed E-state index contributed by atoms with van der Waals surface area (Å²) in [7, 11) is 1.32. The zero-order valence-electron chi connectivity index (χ0n) is 12.7. The second-order valence-electron chi connectivity index (χ2n) is 4.81. The van der Waals surface area contributed by atoms with Gasteiger partial charge in [-0.05, 0) is 41.1 Å². The number of carbonyl (C=O) groups excluding carboxylic acids is 2. The average Bonchev–Trinajstić information content (AvgIpc) is 3.03. The number of rotatable bonds is 4. The number of ether oxygens (including phenoxy) is 1. The fourth-order valence-electron chi connectivity index (χ4n) is 2.04. The van der Waals surface area contributed by atoms with E-state index in [1.54, 1.807) is 48.5 Å². The maximum atomic E-state index is 11.9. The van der Waals surface area contributed by atoms with Crippen LogP contribution in [-0.4, -0.2) is 34.2 Å². The van der Waals surface area contributed by atoms with Crippen molar-refractivity contribution in [1.82, 2.24) is 15.2 Å². The molecule has 24 heavy (non-hydrogen) atoms. The predicted octanol–water partition coefficient (Wildman–Crippen LogP) is 1.89. The Bertz CT molecular complexity index is 913. The van der Waals surface area contributed by atoms with E-state index in [1.807, 2.05) is 6.07 Å². The summed E-state index contributed by atoms with van der Waals surface area (Å²) < 4.78 is 4.62. The molecule has 0 saturated heterocycles.